The van der Waals surface area contributed by atoms with Crippen molar-refractivity contribution in [3.8, 4) is 0 Å². The monoisotopic (exact) mass is 266 g/mol. The molecule has 1 aliphatic heterocycles. The zero-order chi connectivity index (χ0) is 13.4. The minimum absolute atomic E-state index is 0.0113. The number of hydrogen-bond donors (Lipinski definition) is 1. The Balaban J connectivity index is 1.62. The Hall–Kier alpha value is -1.36. The summed E-state index contributed by atoms with van der Waals surface area (Å²) in [6.07, 6.45) is 6.54. The Morgan fingerprint density at radius 3 is 2.63 bits per heavy atom. The van der Waals surface area contributed by atoms with Crippen LogP contribution < -0.4 is 0 Å². The molecule has 5 heteroatoms. The highest BCUT2D eigenvalue weighted by Gasteiger charge is 2.52. The van der Waals surface area contributed by atoms with Crippen LogP contribution in [0.1, 0.15) is 19.3 Å². The molecule has 3 rings (SSSR count). The molecule has 0 spiro atoms. The van der Waals surface area contributed by atoms with Crippen LogP contribution in [0.3, 0.4) is 0 Å². The van der Waals surface area contributed by atoms with Crippen LogP contribution in [0.4, 0.5) is 0 Å². The average Bonchev–Trinajstić information content (AvgIpc) is 3.10. The first-order chi connectivity index (χ1) is 9.16. The molecule has 5 atom stereocenters. The molecule has 1 saturated heterocycles. The summed E-state index contributed by atoms with van der Waals surface area (Å²) in [7, 11) is 0. The van der Waals surface area contributed by atoms with Crippen LogP contribution in [0.2, 0.25) is 0 Å². The smallest absolute Gasteiger partial charge is 0.310 e. The van der Waals surface area contributed by atoms with E-state index in [0.717, 1.165) is 25.9 Å². The van der Waals surface area contributed by atoms with Crippen molar-refractivity contribution in [2.75, 3.05) is 13.2 Å². The lowest BCUT2D eigenvalue weighted by atomic mass is 9.83. The summed E-state index contributed by atoms with van der Waals surface area (Å²) in [5.41, 5.74) is 0. The van der Waals surface area contributed by atoms with Gasteiger partial charge in [0.25, 0.3) is 0 Å². The van der Waals surface area contributed by atoms with E-state index in [1.54, 1.807) is 0 Å². The van der Waals surface area contributed by atoms with Crippen LogP contribution in [0, 0.1) is 23.7 Å². The van der Waals surface area contributed by atoms with Crippen molar-refractivity contribution < 1.29 is 24.2 Å². The Kier molecular flexibility index (Phi) is 3.31. The molecule has 3 aliphatic rings. The maximum absolute atomic E-state index is 12.1. The second kappa shape index (κ2) is 4.96. The highest BCUT2D eigenvalue weighted by Crippen LogP contribution is 2.48. The van der Waals surface area contributed by atoms with Gasteiger partial charge in [-0.3, -0.25) is 9.59 Å². The minimum atomic E-state index is -0.893. The highest BCUT2D eigenvalue weighted by atomic mass is 16.6. The summed E-state index contributed by atoms with van der Waals surface area (Å²) in [6.45, 7) is 0.972. The van der Waals surface area contributed by atoms with E-state index >= 15 is 0 Å². The number of carboxylic acids is 1. The van der Waals surface area contributed by atoms with Crippen molar-refractivity contribution in [1.29, 1.82) is 0 Å². The van der Waals surface area contributed by atoms with Gasteiger partial charge in [0.1, 0.15) is 6.61 Å². The highest BCUT2D eigenvalue weighted by molar-refractivity contribution is 5.83. The van der Waals surface area contributed by atoms with Gasteiger partial charge in [-0.1, -0.05) is 12.2 Å². The van der Waals surface area contributed by atoms with Crippen LogP contribution in [-0.2, 0) is 19.1 Å². The summed E-state index contributed by atoms with van der Waals surface area (Å²) in [5.74, 6) is -2.39. The number of carboxylic acid groups (broad SMARTS) is 1. The number of esters is 1. The number of fused-ring (bicyclic) bond motifs is 2. The molecular weight excluding hydrogens is 248 g/mol. The summed E-state index contributed by atoms with van der Waals surface area (Å²) in [6, 6.07) is 0. The number of rotatable bonds is 4. The third-order valence-corrected chi connectivity index (χ3v) is 4.45. The lowest BCUT2D eigenvalue weighted by Gasteiger charge is -2.23. The summed E-state index contributed by atoms with van der Waals surface area (Å²) >= 11 is 0. The molecule has 5 nitrogen and oxygen atoms in total. The van der Waals surface area contributed by atoms with Gasteiger partial charge in [-0.25, -0.2) is 0 Å². The van der Waals surface area contributed by atoms with Crippen LogP contribution in [0.5, 0.6) is 0 Å². The van der Waals surface area contributed by atoms with E-state index in [1.165, 1.54) is 0 Å². The first-order valence-corrected chi connectivity index (χ1v) is 6.86. The van der Waals surface area contributed by atoms with Crippen molar-refractivity contribution >= 4 is 11.9 Å². The molecule has 2 aliphatic carbocycles. The number of carbonyl (C=O) groups is 2. The topological polar surface area (TPSA) is 72.8 Å². The number of ether oxygens (including phenoxy) is 2. The molecule has 0 radical (unpaired) electrons. The zero-order valence-electron chi connectivity index (χ0n) is 10.7. The van der Waals surface area contributed by atoms with Crippen molar-refractivity contribution in [3.63, 3.8) is 0 Å². The van der Waals surface area contributed by atoms with Crippen molar-refractivity contribution in [1.82, 2.24) is 0 Å². The molecule has 19 heavy (non-hydrogen) atoms. The Morgan fingerprint density at radius 1 is 1.26 bits per heavy atom. The normalized spacial score (nSPS) is 39.7. The average molecular weight is 266 g/mol. The Labute approximate surface area is 111 Å². The summed E-state index contributed by atoms with van der Waals surface area (Å²) < 4.78 is 10.7. The van der Waals surface area contributed by atoms with Gasteiger partial charge in [0, 0.05) is 6.61 Å². The zero-order valence-corrected chi connectivity index (χ0v) is 10.7. The molecule has 0 amide bonds. The van der Waals surface area contributed by atoms with Crippen LogP contribution >= 0.6 is 0 Å². The van der Waals surface area contributed by atoms with E-state index in [0.29, 0.717) is 0 Å². The summed E-state index contributed by atoms with van der Waals surface area (Å²) in [5, 5.41) is 9.27. The number of hydrogen-bond acceptors (Lipinski definition) is 4. The molecule has 0 aromatic heterocycles. The van der Waals surface area contributed by atoms with E-state index in [-0.39, 0.29) is 30.5 Å². The van der Waals surface area contributed by atoms with Crippen LogP contribution in [-0.4, -0.2) is 36.4 Å². The Bertz CT molecular complexity index is 410. The van der Waals surface area contributed by atoms with Gasteiger partial charge in [0.05, 0.1) is 17.9 Å². The third-order valence-electron chi connectivity index (χ3n) is 4.45. The van der Waals surface area contributed by atoms with Gasteiger partial charge in [0.2, 0.25) is 0 Å². The number of aliphatic carboxylic acids is 1. The molecule has 0 unspecified atom stereocenters. The van der Waals surface area contributed by atoms with E-state index in [2.05, 4.69) is 0 Å². The second-order valence-corrected chi connectivity index (χ2v) is 5.60. The number of carbonyl (C=O) groups excluding carboxylic acids is 1. The fourth-order valence-electron chi connectivity index (χ4n) is 3.53. The van der Waals surface area contributed by atoms with E-state index < -0.39 is 17.8 Å². The van der Waals surface area contributed by atoms with Crippen LogP contribution in [0.15, 0.2) is 12.2 Å². The minimum Gasteiger partial charge on any atom is -0.481 e. The largest absolute Gasteiger partial charge is 0.481 e. The van der Waals surface area contributed by atoms with Crippen LogP contribution in [0.25, 0.3) is 0 Å². The van der Waals surface area contributed by atoms with Crippen molar-refractivity contribution in [2.24, 2.45) is 23.7 Å². The first-order valence-electron chi connectivity index (χ1n) is 6.86. The van der Waals surface area contributed by atoms with Gasteiger partial charge < -0.3 is 14.6 Å². The van der Waals surface area contributed by atoms with E-state index in [1.807, 2.05) is 12.2 Å². The van der Waals surface area contributed by atoms with Gasteiger partial charge in [0.15, 0.2) is 0 Å². The standard InChI is InChI=1S/C14H18O5/c15-13(16)11-8-3-4-9(6-8)12(11)14(17)19-7-10-2-1-5-18-10/h3-4,8-12H,1-2,5-7H2,(H,15,16)/t8-,9-,10+,11-,12+/m0/s1. The quantitative estimate of drug-likeness (QED) is 0.612. The molecule has 2 bridgehead atoms. The maximum atomic E-state index is 12.1. The Morgan fingerprint density at radius 2 is 2.00 bits per heavy atom. The predicted molar refractivity (Wildman–Crippen MR) is 65.3 cm³/mol. The molecular formula is C14H18O5. The van der Waals surface area contributed by atoms with E-state index in [4.69, 9.17) is 9.47 Å². The lowest BCUT2D eigenvalue weighted by Crippen LogP contribution is -2.35. The van der Waals surface area contributed by atoms with Gasteiger partial charge in [-0.15, -0.1) is 0 Å². The fourth-order valence-corrected chi connectivity index (χ4v) is 3.53. The predicted octanol–water partition coefficient (Wildman–Crippen LogP) is 1.23. The maximum Gasteiger partial charge on any atom is 0.310 e. The molecule has 0 aromatic carbocycles. The van der Waals surface area contributed by atoms with Crippen molar-refractivity contribution in [3.05, 3.63) is 12.2 Å². The summed E-state index contributed by atoms with van der Waals surface area (Å²) in [4.78, 5) is 23.4. The first kappa shape index (κ1) is 12.7. The molecule has 0 aromatic rings. The molecule has 1 saturated carbocycles. The van der Waals surface area contributed by atoms with Gasteiger partial charge >= 0.3 is 11.9 Å². The third kappa shape index (κ3) is 2.27. The number of allylic oxidation sites excluding steroid dienone is 2. The molecule has 1 heterocycles. The van der Waals surface area contributed by atoms with Gasteiger partial charge in [-0.05, 0) is 31.1 Å². The molecule has 104 valence electrons. The van der Waals surface area contributed by atoms with Gasteiger partial charge in [-0.2, -0.15) is 0 Å². The molecule has 2 fully saturated rings. The lowest BCUT2D eigenvalue weighted by molar-refractivity contribution is -0.160. The SMILES string of the molecule is O=C(O)[C@@H]1[C@H](C(=O)OC[C@H]2CCCO2)[C@H]2C=C[C@H]1C2. The van der Waals surface area contributed by atoms with E-state index in [9.17, 15) is 14.7 Å². The second-order valence-electron chi connectivity index (χ2n) is 5.60. The van der Waals surface area contributed by atoms with Crippen molar-refractivity contribution in [2.45, 2.75) is 25.4 Å². The fraction of sp³-hybridized carbons (Fsp3) is 0.714. The molecule has 1 N–H and O–H groups in total.